The van der Waals surface area contributed by atoms with Crippen LogP contribution in [-0.2, 0) is 0 Å². The second-order valence-electron chi connectivity index (χ2n) is 5.01. The first kappa shape index (κ1) is 11.6. The van der Waals surface area contributed by atoms with E-state index in [-0.39, 0.29) is 12.9 Å². The number of aliphatic hydroxyl groups is 1. The lowest BCUT2D eigenvalue weighted by atomic mass is 9.95. The van der Waals surface area contributed by atoms with Crippen LogP contribution in [0, 0.1) is 0 Å². The molecule has 102 valence electrons. The quantitative estimate of drug-likeness (QED) is 0.865. The van der Waals surface area contributed by atoms with E-state index in [2.05, 4.69) is 0 Å². The van der Waals surface area contributed by atoms with Gasteiger partial charge >= 0.3 is 0 Å². The van der Waals surface area contributed by atoms with Crippen molar-refractivity contribution >= 4 is 0 Å². The number of benzene rings is 2. The SMILES string of the molecule is O[C@@H]1C[C@H](c2ccc3c(c2)OCO3)Oc2ccccc21. The molecule has 4 heteroatoms. The maximum atomic E-state index is 10.3. The molecule has 0 saturated carbocycles. The zero-order valence-corrected chi connectivity index (χ0v) is 10.8. The van der Waals surface area contributed by atoms with Gasteiger partial charge in [-0.05, 0) is 23.8 Å². The minimum Gasteiger partial charge on any atom is -0.485 e. The molecule has 0 aliphatic carbocycles. The predicted molar refractivity (Wildman–Crippen MR) is 72.0 cm³/mol. The molecule has 4 rings (SSSR count). The molecule has 4 nitrogen and oxygen atoms in total. The van der Waals surface area contributed by atoms with E-state index >= 15 is 0 Å². The molecular formula is C16H14O4. The van der Waals surface area contributed by atoms with E-state index in [9.17, 15) is 5.11 Å². The highest BCUT2D eigenvalue weighted by Crippen LogP contribution is 2.42. The molecule has 2 aliphatic rings. The summed E-state index contributed by atoms with van der Waals surface area (Å²) >= 11 is 0. The summed E-state index contributed by atoms with van der Waals surface area (Å²) < 4.78 is 16.7. The van der Waals surface area contributed by atoms with Crippen LogP contribution in [0.1, 0.15) is 29.8 Å². The molecule has 0 radical (unpaired) electrons. The zero-order chi connectivity index (χ0) is 13.5. The number of fused-ring (bicyclic) bond motifs is 2. The van der Waals surface area contributed by atoms with Crippen LogP contribution in [-0.4, -0.2) is 11.9 Å². The van der Waals surface area contributed by atoms with Gasteiger partial charge in [-0.25, -0.2) is 0 Å². The molecule has 2 aliphatic heterocycles. The summed E-state index contributed by atoms with van der Waals surface area (Å²) in [5.74, 6) is 2.24. The Morgan fingerprint density at radius 2 is 1.80 bits per heavy atom. The lowest BCUT2D eigenvalue weighted by Crippen LogP contribution is -2.18. The van der Waals surface area contributed by atoms with E-state index < -0.39 is 6.10 Å². The molecule has 2 aromatic rings. The fourth-order valence-electron chi connectivity index (χ4n) is 2.71. The van der Waals surface area contributed by atoms with Gasteiger partial charge in [0.15, 0.2) is 11.5 Å². The second-order valence-corrected chi connectivity index (χ2v) is 5.01. The van der Waals surface area contributed by atoms with E-state index in [4.69, 9.17) is 14.2 Å². The smallest absolute Gasteiger partial charge is 0.231 e. The van der Waals surface area contributed by atoms with Gasteiger partial charge in [-0.1, -0.05) is 24.3 Å². The third kappa shape index (κ3) is 1.80. The lowest BCUT2D eigenvalue weighted by Gasteiger charge is -2.29. The first-order valence-electron chi connectivity index (χ1n) is 6.64. The summed E-state index contributed by atoms with van der Waals surface area (Å²) in [5, 5.41) is 10.3. The van der Waals surface area contributed by atoms with Gasteiger partial charge in [0.2, 0.25) is 6.79 Å². The molecule has 2 atom stereocenters. The van der Waals surface area contributed by atoms with Crippen molar-refractivity contribution < 1.29 is 19.3 Å². The molecule has 0 aromatic heterocycles. The number of ether oxygens (including phenoxy) is 3. The van der Waals surface area contributed by atoms with Gasteiger partial charge in [0.25, 0.3) is 0 Å². The summed E-state index contributed by atoms with van der Waals surface area (Å²) in [6.07, 6.45) is -0.138. The Morgan fingerprint density at radius 1 is 0.950 bits per heavy atom. The minimum atomic E-state index is -0.504. The summed E-state index contributed by atoms with van der Waals surface area (Å²) in [6.45, 7) is 0.260. The van der Waals surface area contributed by atoms with E-state index in [1.54, 1.807) is 0 Å². The molecule has 1 N–H and O–H groups in total. The molecule has 20 heavy (non-hydrogen) atoms. The Bertz CT molecular complexity index is 653. The molecule has 0 fully saturated rings. The number of hydrogen-bond donors (Lipinski definition) is 1. The van der Waals surface area contributed by atoms with Gasteiger partial charge < -0.3 is 19.3 Å². The first-order chi connectivity index (χ1) is 9.81. The highest BCUT2D eigenvalue weighted by Gasteiger charge is 2.28. The fourth-order valence-corrected chi connectivity index (χ4v) is 2.71. The van der Waals surface area contributed by atoms with Crippen LogP contribution < -0.4 is 14.2 Å². The Kier molecular flexibility index (Phi) is 2.57. The molecule has 0 spiro atoms. The Hall–Kier alpha value is -2.20. The highest BCUT2D eigenvalue weighted by atomic mass is 16.7. The third-order valence-electron chi connectivity index (χ3n) is 3.75. The van der Waals surface area contributed by atoms with Crippen molar-refractivity contribution in [1.82, 2.24) is 0 Å². The molecule has 0 unspecified atom stereocenters. The topological polar surface area (TPSA) is 47.9 Å². The van der Waals surface area contributed by atoms with Crippen LogP contribution >= 0.6 is 0 Å². The van der Waals surface area contributed by atoms with Crippen LogP contribution in [0.5, 0.6) is 17.2 Å². The molecule has 2 aromatic carbocycles. The summed E-state index contributed by atoms with van der Waals surface area (Å²) in [6, 6.07) is 13.4. The fraction of sp³-hybridized carbons (Fsp3) is 0.250. The second kappa shape index (κ2) is 4.42. The van der Waals surface area contributed by atoms with Crippen LogP contribution in [0.4, 0.5) is 0 Å². The van der Waals surface area contributed by atoms with E-state index in [0.29, 0.717) is 6.42 Å². The molecule has 0 bridgehead atoms. The summed E-state index contributed by atoms with van der Waals surface area (Å²) in [7, 11) is 0. The van der Waals surface area contributed by atoms with Crippen molar-refractivity contribution in [3.8, 4) is 17.2 Å². The standard InChI is InChI=1S/C16H14O4/c17-12-8-15(20-13-4-2-1-3-11(12)13)10-5-6-14-16(7-10)19-9-18-14/h1-7,12,15,17H,8-9H2/t12-,15-/m1/s1. The van der Waals surface area contributed by atoms with Gasteiger partial charge in [0.1, 0.15) is 11.9 Å². The van der Waals surface area contributed by atoms with E-state index in [1.807, 2.05) is 42.5 Å². The maximum Gasteiger partial charge on any atom is 0.231 e. The minimum absolute atomic E-state index is 0.172. The van der Waals surface area contributed by atoms with Crippen molar-refractivity contribution in [2.75, 3.05) is 6.79 Å². The van der Waals surface area contributed by atoms with Crippen molar-refractivity contribution in [1.29, 1.82) is 0 Å². The molecule has 0 saturated heterocycles. The van der Waals surface area contributed by atoms with Gasteiger partial charge in [0.05, 0.1) is 6.10 Å². The molecule has 2 heterocycles. The van der Waals surface area contributed by atoms with Gasteiger partial charge in [-0.15, -0.1) is 0 Å². The van der Waals surface area contributed by atoms with E-state index in [0.717, 1.165) is 28.4 Å². The van der Waals surface area contributed by atoms with Gasteiger partial charge in [-0.2, -0.15) is 0 Å². The van der Waals surface area contributed by atoms with Crippen molar-refractivity contribution in [3.63, 3.8) is 0 Å². The maximum absolute atomic E-state index is 10.3. The van der Waals surface area contributed by atoms with Crippen LogP contribution in [0.3, 0.4) is 0 Å². The Labute approximate surface area is 116 Å². The van der Waals surface area contributed by atoms with Crippen molar-refractivity contribution in [2.24, 2.45) is 0 Å². The van der Waals surface area contributed by atoms with Gasteiger partial charge in [-0.3, -0.25) is 0 Å². The van der Waals surface area contributed by atoms with Crippen LogP contribution in [0.2, 0.25) is 0 Å². The summed E-state index contributed by atoms with van der Waals surface area (Å²) in [4.78, 5) is 0. The largest absolute Gasteiger partial charge is 0.485 e. The molecule has 0 amide bonds. The molecular weight excluding hydrogens is 256 g/mol. The average molecular weight is 270 g/mol. The zero-order valence-electron chi connectivity index (χ0n) is 10.8. The number of hydrogen-bond acceptors (Lipinski definition) is 4. The first-order valence-corrected chi connectivity index (χ1v) is 6.64. The number of para-hydroxylation sites is 1. The van der Waals surface area contributed by atoms with Crippen molar-refractivity contribution in [2.45, 2.75) is 18.6 Å². The normalized spacial score (nSPS) is 23.1. The van der Waals surface area contributed by atoms with Crippen molar-refractivity contribution in [3.05, 3.63) is 53.6 Å². The highest BCUT2D eigenvalue weighted by molar-refractivity contribution is 5.46. The number of aliphatic hydroxyl groups excluding tert-OH is 1. The van der Waals surface area contributed by atoms with Crippen LogP contribution in [0.15, 0.2) is 42.5 Å². The van der Waals surface area contributed by atoms with E-state index in [1.165, 1.54) is 0 Å². The average Bonchev–Trinajstić information content (AvgIpc) is 2.94. The Morgan fingerprint density at radius 3 is 2.75 bits per heavy atom. The van der Waals surface area contributed by atoms with Crippen LogP contribution in [0.25, 0.3) is 0 Å². The van der Waals surface area contributed by atoms with Gasteiger partial charge in [0, 0.05) is 12.0 Å². The Balaban J connectivity index is 1.68. The predicted octanol–water partition coefficient (Wildman–Crippen LogP) is 2.97. The summed E-state index contributed by atoms with van der Waals surface area (Å²) in [5.41, 5.74) is 1.84. The monoisotopic (exact) mass is 270 g/mol. The lowest BCUT2D eigenvalue weighted by molar-refractivity contribution is 0.0656. The number of rotatable bonds is 1. The third-order valence-corrected chi connectivity index (χ3v) is 3.75.